The molecule has 1 aromatic rings. The van der Waals surface area contributed by atoms with Gasteiger partial charge in [-0.2, -0.15) is 0 Å². The molecule has 0 aliphatic rings. The monoisotopic (exact) mass is 295 g/mol. The van der Waals surface area contributed by atoms with Crippen molar-refractivity contribution in [1.82, 2.24) is 0 Å². The second-order valence-corrected chi connectivity index (χ2v) is 4.82. The first-order valence-corrected chi connectivity index (χ1v) is 7.41. The fourth-order valence-electron chi connectivity index (χ4n) is 2.38. The van der Waals surface area contributed by atoms with E-state index in [0.29, 0.717) is 19.6 Å². The summed E-state index contributed by atoms with van der Waals surface area (Å²) < 4.78 is 11.4. The first-order valence-electron chi connectivity index (χ1n) is 7.41. The number of hydrogen-bond acceptors (Lipinski definition) is 4. The number of hydrogen-bond donors (Lipinski definition) is 2. The van der Waals surface area contributed by atoms with Crippen LogP contribution in [0, 0.1) is 0 Å². The molecule has 1 rings (SSSR count). The van der Waals surface area contributed by atoms with E-state index in [1.165, 1.54) is 0 Å². The van der Waals surface area contributed by atoms with Gasteiger partial charge in [0.1, 0.15) is 17.5 Å². The van der Waals surface area contributed by atoms with Crippen molar-refractivity contribution in [3.63, 3.8) is 0 Å². The number of rotatable bonds is 9. The number of carboxylic acid groups (broad SMARTS) is 1. The van der Waals surface area contributed by atoms with Gasteiger partial charge in [-0.25, -0.2) is 0 Å². The van der Waals surface area contributed by atoms with Crippen molar-refractivity contribution >= 4 is 5.97 Å². The lowest BCUT2D eigenvalue weighted by atomic mass is 9.88. The van der Waals surface area contributed by atoms with Gasteiger partial charge in [-0.3, -0.25) is 4.79 Å². The van der Waals surface area contributed by atoms with Gasteiger partial charge in [0.15, 0.2) is 0 Å². The minimum absolute atomic E-state index is 0.0135. The Kier molecular flexibility index (Phi) is 7.02. The maximum atomic E-state index is 11.0. The molecule has 0 amide bonds. The van der Waals surface area contributed by atoms with Crippen LogP contribution in [0.2, 0.25) is 0 Å². The van der Waals surface area contributed by atoms with Crippen molar-refractivity contribution in [2.75, 3.05) is 13.2 Å². The zero-order chi connectivity index (χ0) is 15.8. The second-order valence-electron chi connectivity index (χ2n) is 4.82. The topological polar surface area (TPSA) is 81.8 Å². The van der Waals surface area contributed by atoms with Crippen LogP contribution in [-0.4, -0.2) is 30.3 Å². The lowest BCUT2D eigenvalue weighted by molar-refractivity contribution is -0.138. The van der Waals surface area contributed by atoms with E-state index in [2.05, 4.69) is 0 Å². The Balaban J connectivity index is 3.17. The molecular weight excluding hydrogens is 270 g/mol. The summed E-state index contributed by atoms with van der Waals surface area (Å²) in [5, 5.41) is 9.03. The zero-order valence-corrected chi connectivity index (χ0v) is 13.0. The fourth-order valence-corrected chi connectivity index (χ4v) is 2.38. The molecule has 3 N–H and O–H groups in total. The molecule has 0 aliphatic heterocycles. The Bertz CT molecular complexity index is 437. The average molecular weight is 295 g/mol. The summed E-state index contributed by atoms with van der Waals surface area (Å²) in [5.74, 6) is 0.487. The second kappa shape index (κ2) is 8.52. The first-order chi connectivity index (χ1) is 10.0. The smallest absolute Gasteiger partial charge is 0.320 e. The summed E-state index contributed by atoms with van der Waals surface area (Å²) in [6.45, 7) is 6.94. The Morgan fingerprint density at radius 1 is 1.19 bits per heavy atom. The van der Waals surface area contributed by atoms with Crippen LogP contribution in [0.15, 0.2) is 18.2 Å². The van der Waals surface area contributed by atoms with Gasteiger partial charge in [0, 0.05) is 5.56 Å². The van der Waals surface area contributed by atoms with Gasteiger partial charge in [-0.15, -0.1) is 0 Å². The van der Waals surface area contributed by atoms with Crippen LogP contribution in [0.5, 0.6) is 11.5 Å². The molecule has 0 radical (unpaired) electrons. The fraction of sp³-hybridized carbons (Fsp3) is 0.562. The SMILES string of the molecule is CCOc1cccc(OCC)c1C(CC)CC(N)C(=O)O. The molecule has 0 saturated carbocycles. The Hall–Kier alpha value is -1.75. The molecule has 0 aliphatic carbocycles. The molecule has 2 atom stereocenters. The largest absolute Gasteiger partial charge is 0.493 e. The molecule has 5 nitrogen and oxygen atoms in total. The van der Waals surface area contributed by atoms with Gasteiger partial charge in [-0.1, -0.05) is 13.0 Å². The van der Waals surface area contributed by atoms with Gasteiger partial charge in [-0.05, 0) is 44.7 Å². The van der Waals surface area contributed by atoms with Crippen LogP contribution < -0.4 is 15.2 Å². The van der Waals surface area contributed by atoms with Crippen LogP contribution in [-0.2, 0) is 4.79 Å². The van der Waals surface area contributed by atoms with Gasteiger partial charge in [0.25, 0.3) is 0 Å². The molecule has 2 unspecified atom stereocenters. The van der Waals surface area contributed by atoms with Crippen molar-refractivity contribution in [2.45, 2.75) is 45.6 Å². The maximum Gasteiger partial charge on any atom is 0.320 e. The van der Waals surface area contributed by atoms with E-state index in [1.54, 1.807) is 0 Å². The van der Waals surface area contributed by atoms with Crippen LogP contribution >= 0.6 is 0 Å². The van der Waals surface area contributed by atoms with Crippen molar-refractivity contribution in [1.29, 1.82) is 0 Å². The Morgan fingerprint density at radius 2 is 1.71 bits per heavy atom. The highest BCUT2D eigenvalue weighted by Gasteiger charge is 2.24. The minimum Gasteiger partial charge on any atom is -0.493 e. The number of ether oxygens (including phenoxy) is 2. The van der Waals surface area contributed by atoms with Gasteiger partial charge >= 0.3 is 5.97 Å². The predicted octanol–water partition coefficient (Wildman–Crippen LogP) is 2.78. The van der Waals surface area contributed by atoms with Crippen LogP contribution in [0.4, 0.5) is 0 Å². The maximum absolute atomic E-state index is 11.0. The molecule has 118 valence electrons. The number of benzene rings is 1. The number of carbonyl (C=O) groups is 1. The van der Waals surface area contributed by atoms with Crippen molar-refractivity contribution in [3.05, 3.63) is 23.8 Å². The highest BCUT2D eigenvalue weighted by molar-refractivity contribution is 5.73. The van der Waals surface area contributed by atoms with E-state index >= 15 is 0 Å². The Morgan fingerprint density at radius 3 is 2.10 bits per heavy atom. The molecule has 0 bridgehead atoms. The quantitative estimate of drug-likeness (QED) is 0.732. The normalized spacial score (nSPS) is 13.5. The number of carboxylic acids is 1. The molecule has 5 heteroatoms. The lowest BCUT2D eigenvalue weighted by Crippen LogP contribution is -2.32. The van der Waals surface area contributed by atoms with Crippen LogP contribution in [0.1, 0.15) is 45.1 Å². The molecule has 0 heterocycles. The summed E-state index contributed by atoms with van der Waals surface area (Å²) in [7, 11) is 0. The highest BCUT2D eigenvalue weighted by atomic mass is 16.5. The van der Waals surface area contributed by atoms with E-state index in [1.807, 2.05) is 39.0 Å². The third-order valence-electron chi connectivity index (χ3n) is 3.38. The van der Waals surface area contributed by atoms with Crippen molar-refractivity contribution < 1.29 is 19.4 Å². The molecule has 0 saturated heterocycles. The summed E-state index contributed by atoms with van der Waals surface area (Å²) in [5.41, 5.74) is 6.61. The van der Waals surface area contributed by atoms with Crippen LogP contribution in [0.25, 0.3) is 0 Å². The van der Waals surface area contributed by atoms with Crippen molar-refractivity contribution in [2.24, 2.45) is 5.73 Å². The van der Waals surface area contributed by atoms with Gasteiger partial charge < -0.3 is 20.3 Å². The van der Waals surface area contributed by atoms with E-state index in [4.69, 9.17) is 20.3 Å². The summed E-state index contributed by atoms with van der Waals surface area (Å²) in [6.07, 6.45) is 1.13. The van der Waals surface area contributed by atoms with Crippen molar-refractivity contribution in [3.8, 4) is 11.5 Å². The molecule has 21 heavy (non-hydrogen) atoms. The number of aliphatic carboxylic acids is 1. The summed E-state index contributed by atoms with van der Waals surface area (Å²) in [6, 6.07) is 4.76. The minimum atomic E-state index is -0.986. The van der Waals surface area contributed by atoms with Gasteiger partial charge in [0.2, 0.25) is 0 Å². The number of nitrogens with two attached hydrogens (primary N) is 1. The first kappa shape index (κ1) is 17.3. The van der Waals surface area contributed by atoms with E-state index < -0.39 is 12.0 Å². The third-order valence-corrected chi connectivity index (χ3v) is 3.38. The van der Waals surface area contributed by atoms with E-state index in [0.717, 1.165) is 23.5 Å². The predicted molar refractivity (Wildman–Crippen MR) is 82.0 cm³/mol. The Labute approximate surface area is 126 Å². The summed E-state index contributed by atoms with van der Waals surface area (Å²) in [4.78, 5) is 11.0. The standard InChI is InChI=1S/C16H25NO4/c1-4-11(10-12(17)16(18)19)15-13(20-5-2)8-7-9-14(15)21-6-3/h7-9,11-12H,4-6,10,17H2,1-3H3,(H,18,19). The zero-order valence-electron chi connectivity index (χ0n) is 13.0. The average Bonchev–Trinajstić information content (AvgIpc) is 2.46. The van der Waals surface area contributed by atoms with Crippen LogP contribution in [0.3, 0.4) is 0 Å². The van der Waals surface area contributed by atoms with E-state index in [9.17, 15) is 4.79 Å². The molecule has 0 fully saturated rings. The lowest BCUT2D eigenvalue weighted by Gasteiger charge is -2.23. The third kappa shape index (κ3) is 4.63. The molecule has 0 spiro atoms. The van der Waals surface area contributed by atoms with E-state index in [-0.39, 0.29) is 5.92 Å². The molecule has 1 aromatic carbocycles. The summed E-state index contributed by atoms with van der Waals surface area (Å²) >= 11 is 0. The van der Waals surface area contributed by atoms with Gasteiger partial charge in [0.05, 0.1) is 13.2 Å². The molecule has 0 aromatic heterocycles. The highest BCUT2D eigenvalue weighted by Crippen LogP contribution is 2.39. The molecular formula is C16H25NO4.